The first-order valence-electron chi connectivity index (χ1n) is 11.5. The molecule has 0 aliphatic carbocycles. The van der Waals surface area contributed by atoms with Crippen molar-refractivity contribution in [1.82, 2.24) is 0 Å². The molecule has 1 rings (SSSR count). The summed E-state index contributed by atoms with van der Waals surface area (Å²) >= 11 is 0. The van der Waals surface area contributed by atoms with Crippen LogP contribution in [0, 0.1) is 0 Å². The number of hydrogen-bond donors (Lipinski definition) is 1. The van der Waals surface area contributed by atoms with Crippen LogP contribution in [0.5, 0.6) is 0 Å². The van der Waals surface area contributed by atoms with Crippen LogP contribution in [-0.4, -0.2) is 29.2 Å². The van der Waals surface area contributed by atoms with Gasteiger partial charge < -0.3 is 9.63 Å². The fourth-order valence-corrected chi connectivity index (χ4v) is 4.52. The molecule has 8 heteroatoms. The molecular formula is C22H39F2O5P. The molecule has 30 heavy (non-hydrogen) atoms. The molecule has 1 fully saturated rings. The van der Waals surface area contributed by atoms with E-state index in [9.17, 15) is 18.1 Å². The highest BCUT2D eigenvalue weighted by molar-refractivity contribution is 7.54. The molecule has 1 unspecified atom stereocenters. The van der Waals surface area contributed by atoms with Crippen molar-refractivity contribution in [1.29, 1.82) is 0 Å². The number of carbonyl (C=O) groups excluding carboxylic acids is 1. The van der Waals surface area contributed by atoms with E-state index >= 15 is 0 Å². The van der Waals surface area contributed by atoms with Crippen LogP contribution >= 0.6 is 7.60 Å². The molecule has 0 bridgehead atoms. The van der Waals surface area contributed by atoms with E-state index in [-0.39, 0.29) is 6.42 Å². The summed E-state index contributed by atoms with van der Waals surface area (Å²) in [5.41, 5.74) is -3.77. The zero-order valence-corrected chi connectivity index (χ0v) is 19.2. The Hall–Kier alpha value is -0.780. The summed E-state index contributed by atoms with van der Waals surface area (Å²) < 4.78 is 46.9. The lowest BCUT2D eigenvalue weighted by Crippen LogP contribution is -2.19. The molecule has 0 aromatic carbocycles. The highest BCUT2D eigenvalue weighted by Crippen LogP contribution is 2.65. The highest BCUT2D eigenvalue weighted by Gasteiger charge is 2.59. The summed E-state index contributed by atoms with van der Waals surface area (Å²) in [5, 5.41) is 0. The van der Waals surface area contributed by atoms with Crippen molar-refractivity contribution in [2.24, 2.45) is 0 Å². The van der Waals surface area contributed by atoms with Crippen LogP contribution in [-0.2, 0) is 18.6 Å². The second-order valence-electron chi connectivity index (χ2n) is 8.14. The van der Waals surface area contributed by atoms with E-state index in [0.717, 1.165) is 32.1 Å². The van der Waals surface area contributed by atoms with E-state index in [1.165, 1.54) is 44.9 Å². The van der Waals surface area contributed by atoms with E-state index in [1.807, 2.05) is 0 Å². The van der Waals surface area contributed by atoms with Gasteiger partial charge >= 0.3 is 19.2 Å². The van der Waals surface area contributed by atoms with Gasteiger partial charge in [-0.05, 0) is 32.1 Å². The number of halogens is 2. The summed E-state index contributed by atoms with van der Waals surface area (Å²) in [5.74, 6) is -0.487. The molecule has 176 valence electrons. The summed E-state index contributed by atoms with van der Waals surface area (Å²) in [6.45, 7) is 1.82. The van der Waals surface area contributed by atoms with Gasteiger partial charge in [0.05, 0.1) is 6.42 Å². The van der Waals surface area contributed by atoms with E-state index in [1.54, 1.807) is 0 Å². The van der Waals surface area contributed by atoms with Crippen molar-refractivity contribution in [2.75, 3.05) is 6.61 Å². The summed E-state index contributed by atoms with van der Waals surface area (Å²) in [6, 6.07) is 0. The average Bonchev–Trinajstić information content (AvgIpc) is 2.89. The van der Waals surface area contributed by atoms with Crippen molar-refractivity contribution in [2.45, 2.75) is 115 Å². The number of ether oxygens (including phenoxy) is 1. The molecule has 1 N–H and O–H groups in total. The van der Waals surface area contributed by atoms with Crippen LogP contribution in [0.15, 0.2) is 12.2 Å². The van der Waals surface area contributed by atoms with Crippen molar-refractivity contribution in [3.05, 3.63) is 12.2 Å². The zero-order valence-electron chi connectivity index (χ0n) is 18.3. The van der Waals surface area contributed by atoms with Crippen molar-refractivity contribution in [3.8, 4) is 0 Å². The van der Waals surface area contributed by atoms with Gasteiger partial charge in [0.15, 0.2) is 0 Å². The lowest BCUT2D eigenvalue weighted by Gasteiger charge is -2.10. The van der Waals surface area contributed by atoms with Crippen LogP contribution in [0.1, 0.15) is 103 Å². The number of rotatable bonds is 17. The third kappa shape index (κ3) is 11.6. The predicted octanol–water partition coefficient (Wildman–Crippen LogP) is 7.13. The lowest BCUT2D eigenvalue weighted by atomic mass is 10.1. The molecule has 1 aliphatic rings. The first kappa shape index (κ1) is 27.3. The Morgan fingerprint density at radius 1 is 1.03 bits per heavy atom. The van der Waals surface area contributed by atoms with Gasteiger partial charge in [-0.2, -0.15) is 8.78 Å². The minimum Gasteiger partial charge on any atom is -0.463 e. The molecule has 0 amide bonds. The first-order chi connectivity index (χ1) is 14.3. The van der Waals surface area contributed by atoms with E-state index in [2.05, 4.69) is 23.6 Å². The van der Waals surface area contributed by atoms with Crippen LogP contribution < -0.4 is 0 Å². The Morgan fingerprint density at radius 3 is 2.10 bits per heavy atom. The fourth-order valence-electron chi connectivity index (χ4n) is 3.39. The molecule has 0 aromatic rings. The predicted molar refractivity (Wildman–Crippen MR) is 115 cm³/mol. The summed E-state index contributed by atoms with van der Waals surface area (Å²) in [4.78, 5) is 20.7. The third-order valence-corrected chi connectivity index (χ3v) is 6.84. The average molecular weight is 453 g/mol. The molecule has 2 atom stereocenters. The highest BCUT2D eigenvalue weighted by atomic mass is 31.2. The molecule has 1 heterocycles. The van der Waals surface area contributed by atoms with E-state index < -0.39 is 38.4 Å². The van der Waals surface area contributed by atoms with E-state index in [0.29, 0.717) is 6.42 Å². The summed E-state index contributed by atoms with van der Waals surface area (Å²) in [6.07, 6.45) is 17.8. The van der Waals surface area contributed by atoms with Gasteiger partial charge in [-0.3, -0.25) is 13.9 Å². The second kappa shape index (κ2) is 15.1. The topological polar surface area (TPSA) is 72.8 Å². The Bertz CT molecular complexity index is 554. The number of unbranched alkanes of at least 4 members (excludes halogenated alkanes) is 11. The summed E-state index contributed by atoms with van der Waals surface area (Å²) in [7, 11) is -4.95. The second-order valence-corrected chi connectivity index (χ2v) is 10.0. The standard InChI is InChI=1S/C22H39F2O5P/c1-2-3-4-5-6-7-8-9-10-11-12-13-14-15-16-17-21(25)28-19-20-18-22(23,24)30(26,27)29-20/h9-10,20H,2-8,11-19H2,1H3,(H,26,27)/b10-9-/t20-/m0/s1. The monoisotopic (exact) mass is 452 g/mol. The largest absolute Gasteiger partial charge is 0.463 e. The zero-order chi connectivity index (χ0) is 22.3. The van der Waals surface area contributed by atoms with Crippen LogP contribution in [0.3, 0.4) is 0 Å². The maximum Gasteiger partial charge on any atom is 0.397 e. The number of esters is 1. The molecule has 0 radical (unpaired) electrons. The van der Waals surface area contributed by atoms with Gasteiger partial charge in [0.1, 0.15) is 12.7 Å². The Kier molecular flexibility index (Phi) is 13.7. The van der Waals surface area contributed by atoms with Gasteiger partial charge in [0.2, 0.25) is 0 Å². The molecule has 1 aliphatic heterocycles. The van der Waals surface area contributed by atoms with Crippen molar-refractivity contribution in [3.63, 3.8) is 0 Å². The number of hydrogen-bond acceptors (Lipinski definition) is 4. The quantitative estimate of drug-likeness (QED) is 0.110. The number of allylic oxidation sites excluding steroid dienone is 2. The third-order valence-electron chi connectivity index (χ3n) is 5.25. The van der Waals surface area contributed by atoms with Gasteiger partial charge in [-0.15, -0.1) is 0 Å². The van der Waals surface area contributed by atoms with Crippen LogP contribution in [0.4, 0.5) is 8.78 Å². The van der Waals surface area contributed by atoms with E-state index in [4.69, 9.17) is 9.63 Å². The molecule has 0 saturated carbocycles. The number of carbonyl (C=O) groups is 1. The minimum atomic E-state index is -4.95. The van der Waals surface area contributed by atoms with Crippen molar-refractivity contribution < 1.29 is 32.3 Å². The van der Waals surface area contributed by atoms with Gasteiger partial charge in [-0.1, -0.05) is 70.4 Å². The maximum atomic E-state index is 13.2. The lowest BCUT2D eigenvalue weighted by molar-refractivity contribution is -0.146. The Balaban J connectivity index is 1.89. The molecular weight excluding hydrogens is 413 g/mol. The Labute approximate surface area is 180 Å². The fraction of sp³-hybridized carbons (Fsp3) is 0.864. The molecule has 0 spiro atoms. The first-order valence-corrected chi connectivity index (χ1v) is 13.1. The smallest absolute Gasteiger partial charge is 0.397 e. The van der Waals surface area contributed by atoms with Crippen molar-refractivity contribution >= 4 is 13.6 Å². The normalized spacial score (nSPS) is 23.3. The molecule has 1 saturated heterocycles. The van der Waals surface area contributed by atoms with Crippen LogP contribution in [0.2, 0.25) is 0 Å². The molecule has 5 nitrogen and oxygen atoms in total. The van der Waals surface area contributed by atoms with Crippen LogP contribution in [0.25, 0.3) is 0 Å². The SMILES string of the molecule is CCCCCCCC/C=C\CCCCCCCC(=O)OC[C@@H]1CC(F)(F)P(=O)(O)O1. The minimum absolute atomic E-state index is 0.220. The Morgan fingerprint density at radius 2 is 1.57 bits per heavy atom. The number of alkyl halides is 2. The van der Waals surface area contributed by atoms with Gasteiger partial charge in [0.25, 0.3) is 0 Å². The van der Waals surface area contributed by atoms with Gasteiger partial charge in [0, 0.05) is 6.42 Å². The van der Waals surface area contributed by atoms with Gasteiger partial charge in [-0.25, -0.2) is 0 Å². The maximum absolute atomic E-state index is 13.2. The molecule has 0 aromatic heterocycles.